The van der Waals surface area contributed by atoms with E-state index in [1.807, 2.05) is 0 Å². The number of piperidine rings is 1. The molecule has 1 fully saturated rings. The van der Waals surface area contributed by atoms with E-state index in [0.717, 1.165) is 19.4 Å². The number of aliphatic hydroxyl groups excluding tert-OH is 1. The predicted molar refractivity (Wildman–Crippen MR) is 130 cm³/mol. The molecule has 1 aliphatic rings. The van der Waals surface area contributed by atoms with Crippen LogP contribution >= 0.6 is 0 Å². The number of hydrogen-bond donors (Lipinski definition) is 2. The summed E-state index contributed by atoms with van der Waals surface area (Å²) in [5.41, 5.74) is -0.594. The molecule has 10 nitrogen and oxygen atoms in total. The van der Waals surface area contributed by atoms with Crippen molar-refractivity contribution in [3.63, 3.8) is 0 Å². The van der Waals surface area contributed by atoms with Crippen LogP contribution in [-0.4, -0.2) is 61.0 Å². The highest BCUT2D eigenvalue weighted by atomic mass is 19.4. The van der Waals surface area contributed by atoms with Gasteiger partial charge in [0.25, 0.3) is 5.89 Å². The van der Waals surface area contributed by atoms with E-state index in [1.54, 1.807) is 30.3 Å². The fourth-order valence-electron chi connectivity index (χ4n) is 4.74. The number of alkyl halides is 3. The molecule has 1 unspecified atom stereocenters. The number of halogens is 3. The minimum atomic E-state index is -4.82. The summed E-state index contributed by atoms with van der Waals surface area (Å²) >= 11 is 0. The van der Waals surface area contributed by atoms with Gasteiger partial charge < -0.3 is 24.2 Å². The van der Waals surface area contributed by atoms with Crippen molar-refractivity contribution in [2.24, 2.45) is 5.92 Å². The van der Waals surface area contributed by atoms with Crippen LogP contribution in [0.1, 0.15) is 36.5 Å². The maximum absolute atomic E-state index is 13.9. The first-order chi connectivity index (χ1) is 18.7. The Morgan fingerprint density at radius 3 is 2.62 bits per heavy atom. The molecule has 0 saturated carbocycles. The first-order valence-electron chi connectivity index (χ1n) is 12.2. The smallest absolute Gasteiger partial charge is 0.422 e. The zero-order valence-corrected chi connectivity index (χ0v) is 20.5. The summed E-state index contributed by atoms with van der Waals surface area (Å²) in [4.78, 5) is 21.1. The lowest BCUT2D eigenvalue weighted by Crippen LogP contribution is -2.38. The number of aromatic nitrogens is 4. The maximum atomic E-state index is 13.9. The molecule has 0 bridgehead atoms. The Balaban J connectivity index is 1.31. The Morgan fingerprint density at radius 1 is 1.13 bits per heavy atom. The third kappa shape index (κ3) is 5.99. The van der Waals surface area contributed by atoms with E-state index in [-0.39, 0.29) is 23.9 Å². The Morgan fingerprint density at radius 2 is 1.92 bits per heavy atom. The third-order valence-electron chi connectivity index (χ3n) is 6.55. The highest BCUT2D eigenvalue weighted by molar-refractivity contribution is 5.69. The topological polar surface area (TPSA) is 139 Å². The summed E-state index contributed by atoms with van der Waals surface area (Å²) in [5.74, 6) is -1.94. The number of benzene rings is 1. The average Bonchev–Trinajstić information content (AvgIpc) is 3.57. The van der Waals surface area contributed by atoms with Gasteiger partial charge in [0.15, 0.2) is 0 Å². The lowest BCUT2D eigenvalue weighted by molar-refractivity contribution is -0.139. The largest absolute Gasteiger partial charge is 0.481 e. The molecule has 1 aliphatic heterocycles. The number of carboxylic acids is 1. The average molecular weight is 544 g/mol. The quantitative estimate of drug-likeness (QED) is 0.322. The highest BCUT2D eigenvalue weighted by Crippen LogP contribution is 2.42. The van der Waals surface area contributed by atoms with Crippen LogP contribution in [0.4, 0.5) is 13.2 Å². The van der Waals surface area contributed by atoms with E-state index in [2.05, 4.69) is 25.2 Å². The molecule has 2 N–H and O–H groups in total. The zero-order valence-electron chi connectivity index (χ0n) is 20.5. The molecule has 5 rings (SSSR count). The number of rotatable bonds is 8. The molecule has 2 atom stereocenters. The molecule has 39 heavy (non-hydrogen) atoms. The van der Waals surface area contributed by atoms with Crippen molar-refractivity contribution in [3.8, 4) is 34.4 Å². The monoisotopic (exact) mass is 543 g/mol. The number of β-amino-alcohol motifs (C(OH)–C–C–N with tert-alkyl or cyclic N) is 1. The summed E-state index contributed by atoms with van der Waals surface area (Å²) in [7, 11) is 0. The standard InChI is InChI=1S/C26H24F3N5O5/c27-26(28,29)21-22(18-5-1-2-10-30-18)32-38-23(21)25-31-24(33-39-25)17-8-6-16(7-9-17)19(35)14-34-11-3-4-15(13-34)12-20(36)37/h1-2,5-10,15,19,35H,3-4,11-14H2,(H,36,37)/t15-,19?/m1/s1. The summed E-state index contributed by atoms with van der Waals surface area (Å²) in [5, 5.41) is 27.1. The third-order valence-corrected chi connectivity index (χ3v) is 6.55. The SMILES string of the molecule is O=C(O)C[C@H]1CCCN(CC(O)c2ccc(-c3noc(-c4onc(-c5ccccn5)c4C(F)(F)F)n3)cc2)C1. The molecule has 1 saturated heterocycles. The second-order valence-corrected chi connectivity index (χ2v) is 9.37. The van der Waals surface area contributed by atoms with E-state index in [9.17, 15) is 23.1 Å². The van der Waals surface area contributed by atoms with Gasteiger partial charge in [-0.05, 0) is 43.0 Å². The molecule has 204 valence electrons. The summed E-state index contributed by atoms with van der Waals surface area (Å²) in [6, 6.07) is 11.1. The van der Waals surface area contributed by atoms with Gasteiger partial charge in [0, 0.05) is 31.3 Å². The van der Waals surface area contributed by atoms with Crippen LogP contribution < -0.4 is 0 Å². The van der Waals surface area contributed by atoms with Gasteiger partial charge in [-0.15, -0.1) is 0 Å². The van der Waals surface area contributed by atoms with Gasteiger partial charge in [-0.3, -0.25) is 9.78 Å². The molecule has 0 amide bonds. The number of aliphatic hydroxyl groups is 1. The second-order valence-electron chi connectivity index (χ2n) is 9.37. The van der Waals surface area contributed by atoms with E-state index in [1.165, 1.54) is 18.3 Å². The van der Waals surface area contributed by atoms with Gasteiger partial charge in [0.05, 0.1) is 11.8 Å². The van der Waals surface area contributed by atoms with Gasteiger partial charge in [-0.1, -0.05) is 40.6 Å². The van der Waals surface area contributed by atoms with Gasteiger partial charge in [0.2, 0.25) is 11.6 Å². The summed E-state index contributed by atoms with van der Waals surface area (Å²) < 4.78 is 51.9. The number of carboxylic acid groups (broad SMARTS) is 1. The molecule has 3 aromatic heterocycles. The van der Waals surface area contributed by atoms with E-state index >= 15 is 0 Å². The highest BCUT2D eigenvalue weighted by Gasteiger charge is 2.43. The van der Waals surface area contributed by atoms with Gasteiger partial charge in [-0.2, -0.15) is 18.2 Å². The van der Waals surface area contributed by atoms with Crippen molar-refractivity contribution in [2.75, 3.05) is 19.6 Å². The van der Waals surface area contributed by atoms with Gasteiger partial charge >= 0.3 is 12.1 Å². The van der Waals surface area contributed by atoms with Gasteiger partial charge in [-0.25, -0.2) is 0 Å². The van der Waals surface area contributed by atoms with Crippen molar-refractivity contribution >= 4 is 5.97 Å². The Bertz CT molecular complexity index is 1420. The number of aliphatic carboxylic acids is 1. The Hall–Kier alpha value is -4.10. The molecular formula is C26H24F3N5O5. The number of hydrogen-bond acceptors (Lipinski definition) is 9. The number of carbonyl (C=O) groups is 1. The number of pyridine rings is 1. The summed E-state index contributed by atoms with van der Waals surface area (Å²) in [6.45, 7) is 1.74. The van der Waals surface area contributed by atoms with E-state index in [4.69, 9.17) is 14.2 Å². The number of likely N-dealkylation sites (tertiary alicyclic amines) is 1. The summed E-state index contributed by atoms with van der Waals surface area (Å²) in [6.07, 6.45) is -2.46. The van der Waals surface area contributed by atoms with Crippen LogP contribution in [0, 0.1) is 5.92 Å². The first-order valence-corrected chi connectivity index (χ1v) is 12.2. The predicted octanol–water partition coefficient (Wildman–Crippen LogP) is 4.69. The lowest BCUT2D eigenvalue weighted by Gasteiger charge is -2.33. The van der Waals surface area contributed by atoms with Crippen molar-refractivity contribution in [3.05, 3.63) is 59.8 Å². The second kappa shape index (κ2) is 10.9. The lowest BCUT2D eigenvalue weighted by atomic mass is 9.94. The maximum Gasteiger partial charge on any atom is 0.422 e. The van der Waals surface area contributed by atoms with Crippen LogP contribution in [0.5, 0.6) is 0 Å². The fourth-order valence-corrected chi connectivity index (χ4v) is 4.74. The molecule has 4 aromatic rings. The molecule has 0 radical (unpaired) electrons. The molecule has 1 aromatic carbocycles. The van der Waals surface area contributed by atoms with Crippen molar-refractivity contribution in [1.29, 1.82) is 0 Å². The van der Waals surface area contributed by atoms with Crippen molar-refractivity contribution in [2.45, 2.75) is 31.5 Å². The Labute approximate surface area is 220 Å². The van der Waals surface area contributed by atoms with Crippen LogP contribution in [0.15, 0.2) is 57.7 Å². The first kappa shape index (κ1) is 26.5. The van der Waals surface area contributed by atoms with Crippen molar-refractivity contribution < 1.29 is 37.2 Å². The van der Waals surface area contributed by atoms with E-state index in [0.29, 0.717) is 24.2 Å². The van der Waals surface area contributed by atoms with Crippen LogP contribution in [-0.2, 0) is 11.0 Å². The normalized spacial score (nSPS) is 17.3. The molecule has 0 aliphatic carbocycles. The van der Waals surface area contributed by atoms with Gasteiger partial charge in [0.1, 0.15) is 11.3 Å². The van der Waals surface area contributed by atoms with Crippen LogP contribution in [0.3, 0.4) is 0 Å². The minimum Gasteiger partial charge on any atom is -0.481 e. The van der Waals surface area contributed by atoms with Crippen LogP contribution in [0.25, 0.3) is 34.4 Å². The van der Waals surface area contributed by atoms with Crippen molar-refractivity contribution in [1.82, 2.24) is 25.2 Å². The molecular weight excluding hydrogens is 519 g/mol. The minimum absolute atomic E-state index is 0.0179. The van der Waals surface area contributed by atoms with Crippen LogP contribution in [0.2, 0.25) is 0 Å². The Kier molecular flexibility index (Phi) is 7.44. The zero-order chi connectivity index (χ0) is 27.6. The fraction of sp³-hybridized carbons (Fsp3) is 0.346. The molecule has 0 spiro atoms. The number of nitrogens with zero attached hydrogens (tertiary/aromatic N) is 5. The molecule has 4 heterocycles. The van der Waals surface area contributed by atoms with E-state index < -0.39 is 41.2 Å². The molecule has 13 heteroatoms.